The maximum Gasteiger partial charge on any atom is 0.193 e. The molecule has 0 saturated carbocycles. The summed E-state index contributed by atoms with van der Waals surface area (Å²) in [4.78, 5) is 14.6. The molecule has 1 heterocycles. The first-order chi connectivity index (χ1) is 14.2. The maximum absolute atomic E-state index is 13.5. The average molecular weight is 401 g/mol. The molecule has 1 atom stereocenters. The zero-order valence-electron chi connectivity index (χ0n) is 16.1. The Kier molecular flexibility index (Phi) is 4.32. The van der Waals surface area contributed by atoms with Gasteiger partial charge in [0.05, 0.1) is 30.9 Å². The summed E-state index contributed by atoms with van der Waals surface area (Å²) in [6.07, 6.45) is 0. The Morgan fingerprint density at radius 3 is 2.41 bits per heavy atom. The summed E-state index contributed by atoms with van der Waals surface area (Å²) in [7, 11) is 3.26. The Morgan fingerprint density at radius 1 is 0.862 bits per heavy atom. The molecule has 5 rings (SSSR count). The number of ether oxygens (including phenoxy) is 2. The van der Waals surface area contributed by atoms with Crippen molar-refractivity contribution in [2.45, 2.75) is 10.1 Å². The van der Waals surface area contributed by atoms with Crippen molar-refractivity contribution in [3.05, 3.63) is 89.0 Å². The molecule has 1 unspecified atom stereocenters. The van der Waals surface area contributed by atoms with Gasteiger partial charge in [-0.15, -0.1) is 11.8 Å². The van der Waals surface area contributed by atoms with Gasteiger partial charge in [0.2, 0.25) is 0 Å². The SMILES string of the molecule is COc1cccc(C2Sc3ccccc3NC3=C2C(=O)c2ccccc23)c1OC. The predicted octanol–water partition coefficient (Wildman–Crippen LogP) is 5.57. The number of ketones is 1. The van der Waals surface area contributed by atoms with E-state index in [-0.39, 0.29) is 11.0 Å². The van der Waals surface area contributed by atoms with E-state index in [0.717, 1.165) is 38.5 Å². The van der Waals surface area contributed by atoms with Gasteiger partial charge in [0.15, 0.2) is 17.3 Å². The minimum atomic E-state index is -0.230. The highest BCUT2D eigenvalue weighted by molar-refractivity contribution is 8.00. The molecule has 144 valence electrons. The Bertz CT molecular complexity index is 1170. The molecule has 3 aromatic rings. The van der Waals surface area contributed by atoms with Crippen molar-refractivity contribution in [2.75, 3.05) is 19.5 Å². The van der Waals surface area contributed by atoms with Crippen LogP contribution in [0.5, 0.6) is 11.5 Å². The molecule has 2 aliphatic rings. The molecule has 4 nitrogen and oxygen atoms in total. The third-order valence-electron chi connectivity index (χ3n) is 5.32. The van der Waals surface area contributed by atoms with Gasteiger partial charge in [-0.3, -0.25) is 4.79 Å². The van der Waals surface area contributed by atoms with Gasteiger partial charge in [0, 0.05) is 27.2 Å². The summed E-state index contributed by atoms with van der Waals surface area (Å²) >= 11 is 1.65. The third-order valence-corrected chi connectivity index (χ3v) is 6.66. The summed E-state index contributed by atoms with van der Waals surface area (Å²) in [6, 6.07) is 21.7. The minimum absolute atomic E-state index is 0.0540. The molecule has 0 fully saturated rings. The molecule has 29 heavy (non-hydrogen) atoms. The second-order valence-electron chi connectivity index (χ2n) is 6.87. The van der Waals surface area contributed by atoms with Crippen molar-refractivity contribution < 1.29 is 14.3 Å². The number of thioether (sulfide) groups is 1. The first kappa shape index (κ1) is 17.9. The number of carbonyl (C=O) groups excluding carboxylic acids is 1. The van der Waals surface area contributed by atoms with Crippen LogP contribution in [0.15, 0.2) is 77.2 Å². The van der Waals surface area contributed by atoms with E-state index in [2.05, 4.69) is 11.4 Å². The molecule has 0 spiro atoms. The molecule has 0 amide bonds. The number of hydrogen-bond acceptors (Lipinski definition) is 5. The van der Waals surface area contributed by atoms with Gasteiger partial charge in [0.25, 0.3) is 0 Å². The maximum atomic E-state index is 13.5. The summed E-state index contributed by atoms with van der Waals surface area (Å²) in [5.41, 5.74) is 5.22. The lowest BCUT2D eigenvalue weighted by atomic mass is 9.99. The lowest BCUT2D eigenvalue weighted by molar-refractivity contribution is 0.103. The van der Waals surface area contributed by atoms with Crippen molar-refractivity contribution in [2.24, 2.45) is 0 Å². The van der Waals surface area contributed by atoms with E-state index >= 15 is 0 Å². The van der Waals surface area contributed by atoms with Gasteiger partial charge < -0.3 is 14.8 Å². The Labute approximate surface area is 173 Å². The van der Waals surface area contributed by atoms with Crippen molar-refractivity contribution in [1.29, 1.82) is 0 Å². The number of methoxy groups -OCH3 is 2. The standard InChI is InChI=1S/C24H19NO3S/c1-27-18-12-7-10-16(23(18)28-2)24-20-21(14-8-3-4-9-15(14)22(20)26)25-17-11-5-6-13-19(17)29-24/h3-13,24-25H,1-2H3. The Morgan fingerprint density at radius 2 is 1.62 bits per heavy atom. The monoisotopic (exact) mass is 401 g/mol. The first-order valence-corrected chi connectivity index (χ1v) is 10.2. The quantitative estimate of drug-likeness (QED) is 0.622. The highest BCUT2D eigenvalue weighted by Crippen LogP contribution is 2.54. The summed E-state index contributed by atoms with van der Waals surface area (Å²) in [6.45, 7) is 0. The number of benzene rings is 3. The second-order valence-corrected chi connectivity index (χ2v) is 8.01. The summed E-state index contributed by atoms with van der Waals surface area (Å²) in [5, 5.41) is 3.31. The van der Waals surface area contributed by atoms with Gasteiger partial charge in [-0.1, -0.05) is 48.5 Å². The van der Waals surface area contributed by atoms with Gasteiger partial charge in [0.1, 0.15) is 0 Å². The van der Waals surface area contributed by atoms with Crippen molar-refractivity contribution >= 4 is 28.9 Å². The van der Waals surface area contributed by atoms with E-state index in [9.17, 15) is 4.79 Å². The number of anilines is 1. The van der Waals surface area contributed by atoms with Crippen LogP contribution in [0.2, 0.25) is 0 Å². The Hall–Kier alpha value is -3.18. The summed E-state index contributed by atoms with van der Waals surface area (Å²) < 4.78 is 11.2. The van der Waals surface area contributed by atoms with Crippen LogP contribution in [-0.4, -0.2) is 20.0 Å². The number of rotatable bonds is 3. The van der Waals surface area contributed by atoms with E-state index in [1.807, 2.05) is 60.7 Å². The van der Waals surface area contributed by atoms with Gasteiger partial charge in [-0.05, 0) is 18.2 Å². The van der Waals surface area contributed by atoms with Crippen LogP contribution < -0.4 is 14.8 Å². The highest BCUT2D eigenvalue weighted by Gasteiger charge is 2.39. The van der Waals surface area contributed by atoms with Crippen molar-refractivity contribution in [1.82, 2.24) is 0 Å². The van der Waals surface area contributed by atoms with Crippen LogP contribution in [0.1, 0.15) is 26.7 Å². The van der Waals surface area contributed by atoms with Gasteiger partial charge in [-0.25, -0.2) is 0 Å². The van der Waals surface area contributed by atoms with Crippen molar-refractivity contribution in [3.63, 3.8) is 0 Å². The van der Waals surface area contributed by atoms with E-state index in [1.165, 1.54) is 0 Å². The lowest BCUT2D eigenvalue weighted by Crippen LogP contribution is -2.09. The van der Waals surface area contributed by atoms with Crippen LogP contribution in [0.25, 0.3) is 5.70 Å². The van der Waals surface area contributed by atoms with E-state index in [4.69, 9.17) is 9.47 Å². The van der Waals surface area contributed by atoms with E-state index in [0.29, 0.717) is 11.5 Å². The van der Waals surface area contributed by atoms with Crippen molar-refractivity contribution in [3.8, 4) is 11.5 Å². The zero-order valence-corrected chi connectivity index (χ0v) is 16.9. The van der Waals surface area contributed by atoms with Crippen LogP contribution in [-0.2, 0) is 0 Å². The smallest absolute Gasteiger partial charge is 0.193 e. The first-order valence-electron chi connectivity index (χ1n) is 9.34. The van der Waals surface area contributed by atoms with Crippen LogP contribution >= 0.6 is 11.8 Å². The third kappa shape index (κ3) is 2.73. The molecule has 1 aliphatic heterocycles. The molecule has 5 heteroatoms. The fourth-order valence-electron chi connectivity index (χ4n) is 4.02. The molecule has 0 saturated heterocycles. The van der Waals surface area contributed by atoms with Crippen LogP contribution in [0.3, 0.4) is 0 Å². The van der Waals surface area contributed by atoms with Crippen LogP contribution in [0.4, 0.5) is 5.69 Å². The van der Waals surface area contributed by atoms with E-state index in [1.54, 1.807) is 26.0 Å². The number of hydrogen-bond donors (Lipinski definition) is 1. The molecular weight excluding hydrogens is 382 g/mol. The number of fused-ring (bicyclic) bond motifs is 3. The summed E-state index contributed by atoms with van der Waals surface area (Å²) in [5.74, 6) is 1.36. The van der Waals surface area contributed by atoms with Gasteiger partial charge >= 0.3 is 0 Å². The van der Waals surface area contributed by atoms with E-state index < -0.39 is 0 Å². The van der Waals surface area contributed by atoms with Crippen LogP contribution in [0, 0.1) is 0 Å². The number of para-hydroxylation sites is 2. The molecule has 0 bridgehead atoms. The number of carbonyl (C=O) groups is 1. The fraction of sp³-hybridized carbons (Fsp3) is 0.125. The number of Topliss-reactive ketones (excluding diaryl/α,β-unsaturated/α-hetero) is 1. The minimum Gasteiger partial charge on any atom is -0.493 e. The topological polar surface area (TPSA) is 47.6 Å². The zero-order chi connectivity index (χ0) is 20.0. The molecule has 0 radical (unpaired) electrons. The second kappa shape index (κ2) is 7.01. The highest BCUT2D eigenvalue weighted by atomic mass is 32.2. The normalized spacial score (nSPS) is 17.0. The predicted molar refractivity (Wildman–Crippen MR) is 116 cm³/mol. The molecular formula is C24H19NO3S. The molecule has 1 aliphatic carbocycles. The molecule has 0 aromatic heterocycles. The molecule has 3 aromatic carbocycles. The number of nitrogens with one attached hydrogen (secondary N) is 1. The molecule has 1 N–H and O–H groups in total. The fourth-order valence-corrected chi connectivity index (χ4v) is 5.33. The average Bonchev–Trinajstić information content (AvgIpc) is 2.93. The lowest BCUT2D eigenvalue weighted by Gasteiger charge is -2.21. The largest absolute Gasteiger partial charge is 0.493 e. The van der Waals surface area contributed by atoms with Gasteiger partial charge in [-0.2, -0.15) is 0 Å². The Balaban J connectivity index is 1.77.